The lowest BCUT2D eigenvalue weighted by atomic mass is 10.1. The minimum Gasteiger partial charge on any atom is -0.464 e. The summed E-state index contributed by atoms with van der Waals surface area (Å²) < 4.78 is 12.2. The smallest absolute Gasteiger partial charge is 0.358 e. The lowest BCUT2D eigenvalue weighted by molar-refractivity contribution is 0.0586. The van der Waals surface area contributed by atoms with E-state index >= 15 is 0 Å². The molecule has 0 atom stereocenters. The molecule has 4 heterocycles. The molecule has 0 amide bonds. The van der Waals surface area contributed by atoms with E-state index in [-0.39, 0.29) is 17.3 Å². The average molecular weight is 505 g/mol. The molecular formula is C22H22Cl2N6O4. The minimum absolute atomic E-state index is 0.185. The van der Waals surface area contributed by atoms with Gasteiger partial charge in [-0.2, -0.15) is 10.2 Å². The number of ether oxygens (including phenoxy) is 2. The topological polar surface area (TPSA) is 113 Å². The van der Waals surface area contributed by atoms with Crippen LogP contribution in [0.3, 0.4) is 0 Å². The number of fused-ring (bicyclic) bond motifs is 2. The van der Waals surface area contributed by atoms with Gasteiger partial charge in [0.15, 0.2) is 27.8 Å². The molecule has 4 aromatic heterocycles. The molecule has 0 bridgehead atoms. The number of hydrogen-bond acceptors (Lipinski definition) is 8. The number of carbonyl (C=O) groups is 2. The summed E-state index contributed by atoms with van der Waals surface area (Å²) in [6.07, 6.45) is 2.98. The largest absolute Gasteiger partial charge is 0.464 e. The van der Waals surface area contributed by atoms with Crippen molar-refractivity contribution in [1.82, 2.24) is 29.2 Å². The molecule has 0 aliphatic heterocycles. The first-order valence-electron chi connectivity index (χ1n) is 10.00. The van der Waals surface area contributed by atoms with E-state index in [0.29, 0.717) is 21.6 Å². The predicted molar refractivity (Wildman–Crippen MR) is 127 cm³/mol. The van der Waals surface area contributed by atoms with E-state index in [9.17, 15) is 9.59 Å². The highest BCUT2D eigenvalue weighted by atomic mass is 35.5. The second-order valence-electron chi connectivity index (χ2n) is 7.51. The first-order valence-corrected chi connectivity index (χ1v) is 10.8. The summed E-state index contributed by atoms with van der Waals surface area (Å²) >= 11 is 11.8. The van der Waals surface area contributed by atoms with E-state index in [4.69, 9.17) is 23.2 Å². The van der Waals surface area contributed by atoms with Crippen LogP contribution in [0.15, 0.2) is 31.1 Å². The van der Waals surface area contributed by atoms with E-state index in [0.717, 1.165) is 16.7 Å². The van der Waals surface area contributed by atoms with E-state index in [1.54, 1.807) is 12.1 Å². The third-order valence-corrected chi connectivity index (χ3v) is 5.06. The van der Waals surface area contributed by atoms with Crippen LogP contribution >= 0.6 is 23.2 Å². The van der Waals surface area contributed by atoms with Crippen molar-refractivity contribution in [3.05, 3.63) is 63.9 Å². The van der Waals surface area contributed by atoms with Gasteiger partial charge in [0.05, 0.1) is 26.6 Å². The maximum absolute atomic E-state index is 11.4. The van der Waals surface area contributed by atoms with Crippen molar-refractivity contribution < 1.29 is 19.1 Å². The summed E-state index contributed by atoms with van der Waals surface area (Å²) in [6.45, 7) is 9.72. The van der Waals surface area contributed by atoms with Crippen molar-refractivity contribution in [2.45, 2.75) is 26.7 Å². The van der Waals surface area contributed by atoms with Gasteiger partial charge < -0.3 is 9.47 Å². The maximum atomic E-state index is 11.4. The van der Waals surface area contributed by atoms with Gasteiger partial charge in [0.25, 0.3) is 0 Å². The van der Waals surface area contributed by atoms with Crippen molar-refractivity contribution in [3.8, 4) is 0 Å². The zero-order valence-electron chi connectivity index (χ0n) is 19.2. The molecule has 4 aromatic rings. The van der Waals surface area contributed by atoms with Crippen molar-refractivity contribution in [2.75, 3.05) is 14.2 Å². The summed E-state index contributed by atoms with van der Waals surface area (Å²) in [4.78, 5) is 31.1. The molecule has 178 valence electrons. The lowest BCUT2D eigenvalue weighted by Crippen LogP contribution is -2.00. The highest BCUT2D eigenvalue weighted by Crippen LogP contribution is 2.23. The summed E-state index contributed by atoms with van der Waals surface area (Å²) in [6, 6.07) is 3.42. The number of rotatable bonds is 4. The van der Waals surface area contributed by atoms with E-state index < -0.39 is 11.9 Å². The van der Waals surface area contributed by atoms with Gasteiger partial charge in [-0.25, -0.2) is 28.6 Å². The van der Waals surface area contributed by atoms with E-state index in [1.165, 1.54) is 35.6 Å². The van der Waals surface area contributed by atoms with Gasteiger partial charge in [0, 0.05) is 11.1 Å². The predicted octanol–water partition coefficient (Wildman–Crippen LogP) is 4.50. The molecule has 0 aliphatic rings. The monoisotopic (exact) mass is 504 g/mol. The third kappa shape index (κ3) is 5.18. The van der Waals surface area contributed by atoms with Gasteiger partial charge in [-0.15, -0.1) is 0 Å². The van der Waals surface area contributed by atoms with E-state index in [2.05, 4.69) is 36.2 Å². The molecule has 0 unspecified atom stereocenters. The molecule has 0 aromatic carbocycles. The maximum Gasteiger partial charge on any atom is 0.358 e. The van der Waals surface area contributed by atoms with Crippen molar-refractivity contribution in [3.63, 3.8) is 0 Å². The Kier molecular flexibility index (Phi) is 7.53. The van der Waals surface area contributed by atoms with E-state index in [1.807, 2.05) is 20.8 Å². The fraction of sp³-hybridized carbons (Fsp3) is 0.273. The lowest BCUT2D eigenvalue weighted by Gasteiger charge is -2.06. The highest BCUT2D eigenvalue weighted by molar-refractivity contribution is 6.29. The normalized spacial score (nSPS) is 10.8. The number of aromatic nitrogens is 6. The molecular weight excluding hydrogens is 483 g/mol. The zero-order valence-corrected chi connectivity index (χ0v) is 20.7. The zero-order chi connectivity index (χ0) is 25.2. The number of carbonyl (C=O) groups excluding carboxylic acids is 2. The van der Waals surface area contributed by atoms with Crippen LogP contribution in [-0.2, 0) is 9.47 Å². The Hall–Kier alpha value is -3.50. The highest BCUT2D eigenvalue weighted by Gasteiger charge is 2.17. The summed E-state index contributed by atoms with van der Waals surface area (Å²) in [5.74, 6) is -0.758. The Morgan fingerprint density at radius 2 is 1.38 bits per heavy atom. The molecule has 34 heavy (non-hydrogen) atoms. The van der Waals surface area contributed by atoms with Gasteiger partial charge in [-0.3, -0.25) is 0 Å². The van der Waals surface area contributed by atoms with Gasteiger partial charge >= 0.3 is 11.9 Å². The Balaban J connectivity index is 0.000000191. The average Bonchev–Trinajstić information content (AvgIpc) is 3.41. The van der Waals surface area contributed by atoms with Crippen LogP contribution in [0.4, 0.5) is 0 Å². The number of hydrogen-bond donors (Lipinski definition) is 0. The molecule has 0 aliphatic carbocycles. The van der Waals surface area contributed by atoms with Gasteiger partial charge in [0.2, 0.25) is 0 Å². The molecule has 12 heteroatoms. The fourth-order valence-electron chi connectivity index (χ4n) is 3.06. The molecule has 4 rings (SSSR count). The SMILES string of the molecule is C=C(C)c1cc(Cl)nn2cc(C(=O)OC)nc12.COC(=O)c1cn2nc(Cl)cc(C(C)C)c2n1. The van der Waals surface area contributed by atoms with Crippen LogP contribution in [0.5, 0.6) is 0 Å². The third-order valence-electron chi connectivity index (χ3n) is 4.69. The van der Waals surface area contributed by atoms with Crippen LogP contribution < -0.4 is 0 Å². The second-order valence-corrected chi connectivity index (χ2v) is 8.28. The molecule has 0 N–H and O–H groups in total. The molecule has 0 saturated carbocycles. The Morgan fingerprint density at radius 1 is 0.912 bits per heavy atom. The molecule has 10 nitrogen and oxygen atoms in total. The Bertz CT molecular complexity index is 1410. The number of methoxy groups -OCH3 is 2. The van der Waals surface area contributed by atoms with Crippen LogP contribution in [0.1, 0.15) is 58.8 Å². The minimum atomic E-state index is -0.515. The second kappa shape index (κ2) is 10.2. The van der Waals surface area contributed by atoms with Crippen LogP contribution in [0.25, 0.3) is 16.9 Å². The van der Waals surface area contributed by atoms with Gasteiger partial charge in [-0.1, -0.05) is 43.6 Å². The first kappa shape index (κ1) is 25.1. The fourth-order valence-corrected chi connectivity index (χ4v) is 3.45. The van der Waals surface area contributed by atoms with Crippen LogP contribution in [0, 0.1) is 0 Å². The van der Waals surface area contributed by atoms with Crippen LogP contribution in [-0.4, -0.2) is 55.4 Å². The summed E-state index contributed by atoms with van der Waals surface area (Å²) in [5, 5.41) is 8.77. The van der Waals surface area contributed by atoms with Gasteiger partial charge in [0.1, 0.15) is 5.15 Å². The molecule has 0 spiro atoms. The first-order chi connectivity index (χ1) is 16.0. The number of halogens is 2. The number of imidazole rings is 2. The number of allylic oxidation sites excluding steroid dienone is 1. The quantitative estimate of drug-likeness (QED) is 0.373. The van der Waals surface area contributed by atoms with Crippen molar-refractivity contribution in [1.29, 1.82) is 0 Å². The summed E-state index contributed by atoms with van der Waals surface area (Å²) in [5.41, 5.74) is 4.06. The Labute approximate surface area is 205 Å². The summed E-state index contributed by atoms with van der Waals surface area (Å²) in [7, 11) is 2.61. The Morgan fingerprint density at radius 3 is 1.85 bits per heavy atom. The number of nitrogens with zero attached hydrogens (tertiary/aromatic N) is 6. The van der Waals surface area contributed by atoms with Crippen molar-refractivity contribution in [2.24, 2.45) is 0 Å². The van der Waals surface area contributed by atoms with Crippen molar-refractivity contribution >= 4 is 52.0 Å². The van der Waals surface area contributed by atoms with Crippen LogP contribution in [0.2, 0.25) is 10.3 Å². The number of esters is 2. The standard InChI is InChI=1S/C11H12ClN3O2.C11H10ClN3O2/c2*1-6(2)7-4-9(12)14-15-5-8(11(16)17-3)13-10(7)15/h4-6H,1-3H3;4-5H,1H2,2-3H3. The van der Waals surface area contributed by atoms with Gasteiger partial charge in [-0.05, 0) is 30.5 Å². The molecule has 0 saturated heterocycles. The molecule has 0 fully saturated rings. The molecule has 0 radical (unpaired) electrons.